The number of carbonyl (C=O) groups is 1. The van der Waals surface area contributed by atoms with Crippen molar-refractivity contribution in [3.63, 3.8) is 0 Å². The van der Waals surface area contributed by atoms with E-state index >= 15 is 0 Å². The van der Waals surface area contributed by atoms with Crippen molar-refractivity contribution < 1.29 is 14.6 Å². The second kappa shape index (κ2) is 12.6. The SMILES string of the molecule is O=C(Cc1ccc(OCc2ccccc2)cc1)Cc1ncc(-c2ccc(CO)cc2)nc1CC1CCCC1. The highest BCUT2D eigenvalue weighted by atomic mass is 16.5. The lowest BCUT2D eigenvalue weighted by Gasteiger charge is -2.14. The molecule has 0 radical (unpaired) electrons. The lowest BCUT2D eigenvalue weighted by Crippen LogP contribution is -2.13. The van der Waals surface area contributed by atoms with E-state index in [4.69, 9.17) is 14.7 Å². The van der Waals surface area contributed by atoms with Gasteiger partial charge < -0.3 is 9.84 Å². The molecule has 1 aliphatic carbocycles. The van der Waals surface area contributed by atoms with Crippen LogP contribution in [0.3, 0.4) is 0 Å². The van der Waals surface area contributed by atoms with Crippen molar-refractivity contribution in [2.45, 2.75) is 58.2 Å². The monoisotopic (exact) mass is 506 g/mol. The smallest absolute Gasteiger partial charge is 0.143 e. The predicted molar refractivity (Wildman–Crippen MR) is 149 cm³/mol. The quantitative estimate of drug-likeness (QED) is 0.258. The molecule has 0 aliphatic heterocycles. The zero-order chi connectivity index (χ0) is 26.2. The topological polar surface area (TPSA) is 72.3 Å². The van der Waals surface area contributed by atoms with Crippen molar-refractivity contribution in [2.75, 3.05) is 0 Å². The zero-order valence-electron chi connectivity index (χ0n) is 21.7. The molecule has 1 aromatic heterocycles. The van der Waals surface area contributed by atoms with Crippen LogP contribution in [0.2, 0.25) is 0 Å². The molecule has 1 fully saturated rings. The second-order valence-electron chi connectivity index (χ2n) is 10.2. The number of ketones is 1. The highest BCUT2D eigenvalue weighted by Gasteiger charge is 2.20. The van der Waals surface area contributed by atoms with Crippen molar-refractivity contribution in [3.05, 3.63) is 113 Å². The fourth-order valence-corrected chi connectivity index (χ4v) is 5.09. The number of carbonyl (C=O) groups excluding carboxylic acids is 1. The van der Waals surface area contributed by atoms with E-state index in [9.17, 15) is 9.90 Å². The van der Waals surface area contributed by atoms with Gasteiger partial charge in [-0.2, -0.15) is 0 Å². The van der Waals surface area contributed by atoms with E-state index in [0.29, 0.717) is 18.9 Å². The maximum absolute atomic E-state index is 13.1. The summed E-state index contributed by atoms with van der Waals surface area (Å²) in [5, 5.41) is 9.34. The van der Waals surface area contributed by atoms with Crippen molar-refractivity contribution in [3.8, 4) is 17.0 Å². The summed E-state index contributed by atoms with van der Waals surface area (Å²) in [5.41, 5.74) is 6.46. The van der Waals surface area contributed by atoms with Crippen molar-refractivity contribution in [1.82, 2.24) is 9.97 Å². The van der Waals surface area contributed by atoms with Crippen LogP contribution in [-0.4, -0.2) is 20.9 Å². The van der Waals surface area contributed by atoms with Gasteiger partial charge in [0.2, 0.25) is 0 Å². The molecular formula is C33H34N2O3. The van der Waals surface area contributed by atoms with Gasteiger partial charge in [-0.15, -0.1) is 0 Å². The van der Waals surface area contributed by atoms with Crippen molar-refractivity contribution in [2.24, 2.45) is 5.92 Å². The first-order valence-electron chi connectivity index (χ1n) is 13.5. The second-order valence-corrected chi connectivity index (χ2v) is 10.2. The first-order valence-corrected chi connectivity index (χ1v) is 13.5. The fourth-order valence-electron chi connectivity index (χ4n) is 5.09. The van der Waals surface area contributed by atoms with Crippen LogP contribution < -0.4 is 4.74 Å². The van der Waals surface area contributed by atoms with Crippen LogP contribution in [0.1, 0.15) is 53.8 Å². The summed E-state index contributed by atoms with van der Waals surface area (Å²) < 4.78 is 5.87. The molecule has 1 heterocycles. The van der Waals surface area contributed by atoms with Crippen LogP contribution in [0.25, 0.3) is 11.3 Å². The Morgan fingerprint density at radius 1 is 0.816 bits per heavy atom. The van der Waals surface area contributed by atoms with Gasteiger partial charge in [0.25, 0.3) is 0 Å². The first kappa shape index (κ1) is 25.8. The molecule has 1 N–H and O–H groups in total. The largest absolute Gasteiger partial charge is 0.489 e. The summed E-state index contributed by atoms with van der Waals surface area (Å²) in [5.74, 6) is 1.52. The van der Waals surface area contributed by atoms with Gasteiger partial charge in [0.1, 0.15) is 18.1 Å². The van der Waals surface area contributed by atoms with Gasteiger partial charge in [-0.05, 0) is 41.2 Å². The molecular weight excluding hydrogens is 472 g/mol. The molecule has 38 heavy (non-hydrogen) atoms. The summed E-state index contributed by atoms with van der Waals surface area (Å²) in [4.78, 5) is 22.8. The molecule has 0 amide bonds. The van der Waals surface area contributed by atoms with E-state index in [-0.39, 0.29) is 18.8 Å². The molecule has 1 saturated carbocycles. The molecule has 194 valence electrons. The van der Waals surface area contributed by atoms with Crippen LogP contribution in [0, 0.1) is 5.92 Å². The molecule has 0 unspecified atom stereocenters. The van der Waals surface area contributed by atoms with E-state index in [2.05, 4.69) is 0 Å². The third kappa shape index (κ3) is 6.93. The predicted octanol–water partition coefficient (Wildman–Crippen LogP) is 6.30. The van der Waals surface area contributed by atoms with Crippen molar-refractivity contribution in [1.29, 1.82) is 0 Å². The summed E-state index contributed by atoms with van der Waals surface area (Å²) in [6, 6.07) is 25.6. The number of Topliss-reactive ketones (excluding diaryl/α,β-unsaturated/α-hetero) is 1. The normalized spacial score (nSPS) is 13.5. The molecule has 0 saturated heterocycles. The number of aliphatic hydroxyl groups excluding tert-OH is 1. The maximum Gasteiger partial charge on any atom is 0.143 e. The number of benzene rings is 3. The number of aromatic nitrogens is 2. The van der Waals surface area contributed by atoms with Crippen LogP contribution in [-0.2, 0) is 37.3 Å². The maximum atomic E-state index is 13.1. The number of ether oxygens (including phenoxy) is 1. The van der Waals surface area contributed by atoms with E-state index < -0.39 is 0 Å². The average molecular weight is 507 g/mol. The van der Waals surface area contributed by atoms with Crippen LogP contribution in [0.15, 0.2) is 85.1 Å². The number of hydrogen-bond acceptors (Lipinski definition) is 5. The highest BCUT2D eigenvalue weighted by Crippen LogP contribution is 2.29. The fraction of sp³-hybridized carbons (Fsp3) is 0.303. The van der Waals surface area contributed by atoms with Gasteiger partial charge >= 0.3 is 0 Å². The molecule has 5 nitrogen and oxygen atoms in total. The third-order valence-electron chi connectivity index (χ3n) is 7.26. The van der Waals surface area contributed by atoms with Gasteiger partial charge in [0.05, 0.1) is 36.3 Å². The minimum atomic E-state index is 0.0172. The molecule has 5 rings (SSSR count). The molecule has 5 heteroatoms. The molecule has 4 aromatic rings. The first-order chi connectivity index (χ1) is 18.7. The van der Waals surface area contributed by atoms with Gasteiger partial charge in [0.15, 0.2) is 0 Å². The minimum absolute atomic E-state index is 0.0172. The molecule has 3 aromatic carbocycles. The Morgan fingerprint density at radius 3 is 2.24 bits per heavy atom. The van der Waals surface area contributed by atoms with Gasteiger partial charge in [-0.3, -0.25) is 9.78 Å². The number of hydrogen-bond donors (Lipinski definition) is 1. The third-order valence-corrected chi connectivity index (χ3v) is 7.26. The summed E-state index contributed by atoms with van der Waals surface area (Å²) in [7, 11) is 0. The average Bonchev–Trinajstić information content (AvgIpc) is 3.47. The van der Waals surface area contributed by atoms with Gasteiger partial charge in [-0.25, -0.2) is 4.98 Å². The Kier molecular flexibility index (Phi) is 8.56. The Labute approximate surface area is 224 Å². The summed E-state index contributed by atoms with van der Waals surface area (Å²) >= 11 is 0. The van der Waals surface area contributed by atoms with E-state index in [1.54, 1.807) is 6.20 Å². The van der Waals surface area contributed by atoms with Crippen LogP contribution in [0.4, 0.5) is 0 Å². The Balaban J connectivity index is 1.25. The van der Waals surface area contributed by atoms with E-state index in [0.717, 1.165) is 51.5 Å². The number of aliphatic hydroxyl groups is 1. The minimum Gasteiger partial charge on any atom is -0.489 e. The van der Waals surface area contributed by atoms with Gasteiger partial charge in [-0.1, -0.05) is 92.4 Å². The Morgan fingerprint density at radius 2 is 1.53 bits per heavy atom. The lowest BCUT2D eigenvalue weighted by molar-refractivity contribution is -0.117. The standard InChI is InChI=1S/C33H34N2O3/c36-22-26-10-14-28(15-11-26)33-21-34-31(32(35-33)19-24-6-4-5-7-24)20-29(37)18-25-12-16-30(17-13-25)38-23-27-8-2-1-3-9-27/h1-3,8-17,21,24,36H,4-7,18-20,22-23H2. The van der Waals surface area contributed by atoms with Gasteiger partial charge in [0, 0.05) is 12.0 Å². The van der Waals surface area contributed by atoms with Crippen LogP contribution >= 0.6 is 0 Å². The Bertz CT molecular complexity index is 1330. The van der Waals surface area contributed by atoms with E-state index in [1.165, 1.54) is 25.7 Å². The Hall–Kier alpha value is -3.83. The number of rotatable bonds is 11. The molecule has 0 bridgehead atoms. The summed E-state index contributed by atoms with van der Waals surface area (Å²) in [6.07, 6.45) is 8.23. The molecule has 1 aliphatic rings. The molecule has 0 atom stereocenters. The molecule has 0 spiro atoms. The summed E-state index contributed by atoms with van der Waals surface area (Å²) in [6.45, 7) is 0.534. The number of nitrogens with zero attached hydrogens (tertiary/aromatic N) is 2. The van der Waals surface area contributed by atoms with Crippen molar-refractivity contribution >= 4 is 5.78 Å². The van der Waals surface area contributed by atoms with E-state index in [1.807, 2.05) is 78.9 Å². The zero-order valence-corrected chi connectivity index (χ0v) is 21.7. The highest BCUT2D eigenvalue weighted by molar-refractivity contribution is 5.83. The lowest BCUT2D eigenvalue weighted by atomic mass is 9.97. The van der Waals surface area contributed by atoms with Crippen LogP contribution in [0.5, 0.6) is 5.75 Å².